The molecule has 4 rings (SSSR count). The average molecular weight is 322 g/mol. The van der Waals surface area contributed by atoms with Crippen LogP contribution in [0.5, 0.6) is 5.88 Å². The molecule has 3 heterocycles. The second kappa shape index (κ2) is 5.67. The zero-order chi connectivity index (χ0) is 16.7. The van der Waals surface area contributed by atoms with Gasteiger partial charge in [-0.2, -0.15) is 0 Å². The van der Waals surface area contributed by atoms with Gasteiger partial charge in [0, 0.05) is 10.9 Å². The Morgan fingerprint density at radius 2 is 2.12 bits per heavy atom. The number of ether oxygens (including phenoxy) is 1. The van der Waals surface area contributed by atoms with E-state index in [2.05, 4.69) is 37.0 Å². The molecule has 0 radical (unpaired) electrons. The van der Waals surface area contributed by atoms with Gasteiger partial charge in [0.25, 0.3) is 5.91 Å². The molecular formula is C19H18N2O3. The molecule has 3 aromatic rings. The molecule has 1 aromatic carbocycles. The van der Waals surface area contributed by atoms with E-state index < -0.39 is 0 Å². The highest BCUT2D eigenvalue weighted by Gasteiger charge is 2.24. The summed E-state index contributed by atoms with van der Waals surface area (Å²) in [6, 6.07) is 9.91. The summed E-state index contributed by atoms with van der Waals surface area (Å²) in [4.78, 5) is 18.8. The van der Waals surface area contributed by atoms with Crippen LogP contribution in [0, 0.1) is 13.8 Å². The molecule has 0 unspecified atom stereocenters. The number of aromatic nitrogens is 1. The highest BCUT2D eigenvalue weighted by Crippen LogP contribution is 2.29. The van der Waals surface area contributed by atoms with Crippen LogP contribution in [-0.4, -0.2) is 22.4 Å². The number of pyridine rings is 1. The van der Waals surface area contributed by atoms with Crippen LogP contribution in [0.4, 0.5) is 0 Å². The van der Waals surface area contributed by atoms with Crippen LogP contribution < -0.4 is 4.74 Å². The number of carbonyl (C=O) groups is 1. The second-order valence-electron chi connectivity index (χ2n) is 6.15. The third-order valence-corrected chi connectivity index (χ3v) is 4.52. The smallest absolute Gasteiger partial charge is 0.261 e. The van der Waals surface area contributed by atoms with Crippen molar-refractivity contribution in [3.05, 3.63) is 59.0 Å². The Balaban J connectivity index is 1.74. The van der Waals surface area contributed by atoms with Gasteiger partial charge in [-0.15, -0.1) is 0 Å². The van der Waals surface area contributed by atoms with Crippen LogP contribution in [-0.2, 0) is 17.9 Å². The third-order valence-electron chi connectivity index (χ3n) is 4.52. The number of hydrogen-bond acceptors (Lipinski definition) is 4. The Bertz CT molecular complexity index is 916. The van der Waals surface area contributed by atoms with E-state index in [1.54, 1.807) is 11.2 Å². The first-order chi connectivity index (χ1) is 11.6. The van der Waals surface area contributed by atoms with Gasteiger partial charge in [0.2, 0.25) is 5.88 Å². The number of fused-ring (bicyclic) bond motifs is 2. The van der Waals surface area contributed by atoms with Crippen LogP contribution in [0.3, 0.4) is 0 Å². The SMILES string of the molecule is Cc1ccc2cc3c(nc2c1C)OCC(=O)N(Cc1ccco1)C3. The molecule has 0 fully saturated rings. The van der Waals surface area contributed by atoms with Crippen molar-refractivity contribution < 1.29 is 13.9 Å². The molecule has 1 aliphatic rings. The molecule has 0 atom stereocenters. The largest absolute Gasteiger partial charge is 0.467 e. The predicted octanol–water partition coefficient (Wildman–Crippen LogP) is 3.37. The normalized spacial score (nSPS) is 14.4. The van der Waals surface area contributed by atoms with Gasteiger partial charge in [-0.1, -0.05) is 12.1 Å². The Labute approximate surface area is 139 Å². The number of rotatable bonds is 2. The van der Waals surface area contributed by atoms with E-state index in [9.17, 15) is 4.79 Å². The molecule has 5 nitrogen and oxygen atoms in total. The number of furan rings is 1. The van der Waals surface area contributed by atoms with E-state index in [1.807, 2.05) is 12.1 Å². The molecule has 1 amide bonds. The van der Waals surface area contributed by atoms with Crippen molar-refractivity contribution >= 4 is 16.8 Å². The van der Waals surface area contributed by atoms with Gasteiger partial charge in [0.1, 0.15) is 5.76 Å². The fourth-order valence-electron chi connectivity index (χ4n) is 3.00. The van der Waals surface area contributed by atoms with E-state index in [4.69, 9.17) is 9.15 Å². The molecule has 2 aromatic heterocycles. The highest BCUT2D eigenvalue weighted by molar-refractivity contribution is 5.85. The minimum absolute atomic E-state index is 0.00290. The van der Waals surface area contributed by atoms with Gasteiger partial charge in [0.15, 0.2) is 6.61 Å². The molecule has 5 heteroatoms. The summed E-state index contributed by atoms with van der Waals surface area (Å²) in [6.45, 7) is 5.02. The van der Waals surface area contributed by atoms with Gasteiger partial charge in [-0.25, -0.2) is 4.98 Å². The average Bonchev–Trinajstić information content (AvgIpc) is 3.03. The maximum absolute atomic E-state index is 12.4. The standard InChI is InChI=1S/C19H18N2O3/c1-12-5-6-14-8-15-9-21(10-16-4-3-7-23-16)17(22)11-24-19(15)20-18(14)13(12)2/h3-8H,9-11H2,1-2H3. The second-order valence-corrected chi connectivity index (χ2v) is 6.15. The quantitative estimate of drug-likeness (QED) is 0.726. The van der Waals surface area contributed by atoms with Gasteiger partial charge in [0.05, 0.1) is 24.9 Å². The molecule has 0 N–H and O–H groups in total. The summed E-state index contributed by atoms with van der Waals surface area (Å²) in [5.41, 5.74) is 4.19. The lowest BCUT2D eigenvalue weighted by Gasteiger charge is -2.18. The first-order valence-corrected chi connectivity index (χ1v) is 7.94. The maximum Gasteiger partial charge on any atom is 0.261 e. The molecule has 1 aliphatic heterocycles. The minimum atomic E-state index is -0.0682. The lowest BCUT2D eigenvalue weighted by molar-refractivity contribution is -0.134. The van der Waals surface area contributed by atoms with Crippen LogP contribution >= 0.6 is 0 Å². The fourth-order valence-corrected chi connectivity index (χ4v) is 3.00. The van der Waals surface area contributed by atoms with E-state index in [0.717, 1.165) is 27.8 Å². The van der Waals surface area contributed by atoms with Gasteiger partial charge < -0.3 is 14.1 Å². The van der Waals surface area contributed by atoms with Crippen molar-refractivity contribution in [2.24, 2.45) is 0 Å². The Hall–Kier alpha value is -2.82. The lowest BCUT2D eigenvalue weighted by atomic mass is 10.0. The zero-order valence-corrected chi connectivity index (χ0v) is 13.7. The van der Waals surface area contributed by atoms with E-state index in [1.165, 1.54) is 5.56 Å². The van der Waals surface area contributed by atoms with Crippen molar-refractivity contribution in [2.75, 3.05) is 6.61 Å². The van der Waals surface area contributed by atoms with E-state index >= 15 is 0 Å². The molecule has 0 aliphatic carbocycles. The van der Waals surface area contributed by atoms with Gasteiger partial charge in [-0.3, -0.25) is 4.79 Å². The fraction of sp³-hybridized carbons (Fsp3) is 0.263. The maximum atomic E-state index is 12.4. The summed E-state index contributed by atoms with van der Waals surface area (Å²) in [5, 5.41) is 1.06. The Morgan fingerprint density at radius 1 is 1.25 bits per heavy atom. The molecular weight excluding hydrogens is 304 g/mol. The highest BCUT2D eigenvalue weighted by atomic mass is 16.5. The topological polar surface area (TPSA) is 55.6 Å². The Morgan fingerprint density at radius 3 is 2.92 bits per heavy atom. The molecule has 24 heavy (non-hydrogen) atoms. The number of benzene rings is 1. The zero-order valence-electron chi connectivity index (χ0n) is 13.7. The van der Waals surface area contributed by atoms with E-state index in [-0.39, 0.29) is 12.5 Å². The molecule has 122 valence electrons. The lowest BCUT2D eigenvalue weighted by Crippen LogP contribution is -2.31. The Kier molecular flexibility index (Phi) is 3.49. The van der Waals surface area contributed by atoms with Crippen molar-refractivity contribution in [3.63, 3.8) is 0 Å². The van der Waals surface area contributed by atoms with Crippen LogP contribution in [0.15, 0.2) is 41.0 Å². The van der Waals surface area contributed by atoms with Crippen LogP contribution in [0.1, 0.15) is 22.5 Å². The number of carbonyl (C=O) groups excluding carboxylic acids is 1. The summed E-state index contributed by atoms with van der Waals surface area (Å²) < 4.78 is 11.0. The molecule has 0 saturated heterocycles. The first-order valence-electron chi connectivity index (χ1n) is 7.94. The third kappa shape index (κ3) is 2.52. The van der Waals surface area contributed by atoms with Gasteiger partial charge in [-0.05, 0) is 43.2 Å². The van der Waals surface area contributed by atoms with E-state index in [0.29, 0.717) is 19.0 Å². The van der Waals surface area contributed by atoms with Crippen LogP contribution in [0.25, 0.3) is 10.9 Å². The molecule has 0 spiro atoms. The minimum Gasteiger partial charge on any atom is -0.467 e. The van der Waals surface area contributed by atoms with Gasteiger partial charge >= 0.3 is 0 Å². The monoisotopic (exact) mass is 322 g/mol. The first kappa shape index (κ1) is 14.8. The number of amides is 1. The summed E-state index contributed by atoms with van der Waals surface area (Å²) in [7, 11) is 0. The molecule has 0 bridgehead atoms. The number of hydrogen-bond donors (Lipinski definition) is 0. The van der Waals surface area contributed by atoms with Crippen molar-refractivity contribution in [3.8, 4) is 5.88 Å². The predicted molar refractivity (Wildman–Crippen MR) is 89.7 cm³/mol. The van der Waals surface area contributed by atoms with Crippen molar-refractivity contribution in [2.45, 2.75) is 26.9 Å². The van der Waals surface area contributed by atoms with Crippen molar-refractivity contribution in [1.82, 2.24) is 9.88 Å². The summed E-state index contributed by atoms with van der Waals surface area (Å²) in [6.07, 6.45) is 1.61. The van der Waals surface area contributed by atoms with Crippen LogP contribution in [0.2, 0.25) is 0 Å². The number of aryl methyl sites for hydroxylation is 2. The molecule has 0 saturated carbocycles. The summed E-state index contributed by atoms with van der Waals surface area (Å²) in [5.74, 6) is 1.24. The van der Waals surface area contributed by atoms with Crippen molar-refractivity contribution in [1.29, 1.82) is 0 Å². The summed E-state index contributed by atoms with van der Waals surface area (Å²) >= 11 is 0. The number of nitrogens with zero attached hydrogens (tertiary/aromatic N) is 2.